The zero-order valence-electron chi connectivity index (χ0n) is 17.0. The van der Waals surface area contributed by atoms with Gasteiger partial charge >= 0.3 is 5.97 Å². The van der Waals surface area contributed by atoms with Crippen LogP contribution >= 0.6 is 11.6 Å². The zero-order valence-corrected chi connectivity index (χ0v) is 17.8. The molecule has 0 aliphatic carbocycles. The fourth-order valence-electron chi connectivity index (χ4n) is 3.10. The zero-order chi connectivity index (χ0) is 22.3. The molecule has 4 rings (SSSR count). The van der Waals surface area contributed by atoms with Gasteiger partial charge in [0.05, 0.1) is 11.2 Å². The fourth-order valence-corrected chi connectivity index (χ4v) is 3.30. The quantitative estimate of drug-likeness (QED) is 0.363. The van der Waals surface area contributed by atoms with E-state index in [9.17, 15) is 4.79 Å². The van der Waals surface area contributed by atoms with Crippen LogP contribution in [0.15, 0.2) is 78.9 Å². The van der Waals surface area contributed by atoms with Gasteiger partial charge in [0.15, 0.2) is 6.61 Å². The molecular formula is C25H20ClNO5. The van der Waals surface area contributed by atoms with Gasteiger partial charge in [-0.1, -0.05) is 41.9 Å². The highest BCUT2D eigenvalue weighted by molar-refractivity contribution is 6.30. The third-order valence-electron chi connectivity index (χ3n) is 4.62. The van der Waals surface area contributed by atoms with Gasteiger partial charge < -0.3 is 19.3 Å². The third-order valence-corrected chi connectivity index (χ3v) is 4.85. The number of pyridine rings is 1. The van der Waals surface area contributed by atoms with Crippen LogP contribution in [0, 0.1) is 0 Å². The lowest BCUT2D eigenvalue weighted by Crippen LogP contribution is -2.11. The Balaban J connectivity index is 1.40. The highest BCUT2D eigenvalue weighted by Gasteiger charge is 2.09. The summed E-state index contributed by atoms with van der Waals surface area (Å²) in [5, 5.41) is 10.4. The van der Waals surface area contributed by atoms with Crippen molar-refractivity contribution in [3.63, 3.8) is 0 Å². The molecule has 0 radical (unpaired) electrons. The SMILES string of the molecule is O=C(O)COc1ccc(Cl)cc1COc1cccc(OCc2ccc3ccccc3n2)c1. The normalized spacial score (nSPS) is 10.7. The molecule has 0 atom stereocenters. The second kappa shape index (κ2) is 10.0. The van der Waals surface area contributed by atoms with Crippen molar-refractivity contribution in [1.82, 2.24) is 4.98 Å². The van der Waals surface area contributed by atoms with Gasteiger partial charge in [0.25, 0.3) is 0 Å². The van der Waals surface area contributed by atoms with Gasteiger partial charge in [-0.15, -0.1) is 0 Å². The van der Waals surface area contributed by atoms with Crippen molar-refractivity contribution in [2.75, 3.05) is 6.61 Å². The number of hydrogen-bond acceptors (Lipinski definition) is 5. The molecule has 0 saturated heterocycles. The van der Waals surface area contributed by atoms with Gasteiger partial charge in [-0.05, 0) is 42.5 Å². The standard InChI is InChI=1S/C25H20ClNO5/c26-19-9-11-24(32-16-25(28)29)18(12-19)14-30-21-5-3-6-22(13-21)31-15-20-10-8-17-4-1-2-7-23(17)27-20/h1-13H,14-16H2,(H,28,29). The fraction of sp³-hybridized carbons (Fsp3) is 0.120. The predicted octanol–water partition coefficient (Wildman–Crippen LogP) is 5.51. The van der Waals surface area contributed by atoms with E-state index < -0.39 is 12.6 Å². The van der Waals surface area contributed by atoms with Gasteiger partial charge in [0, 0.05) is 22.0 Å². The van der Waals surface area contributed by atoms with E-state index in [1.165, 1.54) is 0 Å². The molecule has 6 nitrogen and oxygen atoms in total. The van der Waals surface area contributed by atoms with Crippen molar-refractivity contribution in [3.05, 3.63) is 95.1 Å². The number of carboxylic acids is 1. The molecule has 0 amide bonds. The molecule has 0 unspecified atom stereocenters. The Morgan fingerprint density at radius 1 is 0.844 bits per heavy atom. The molecule has 3 aromatic carbocycles. The highest BCUT2D eigenvalue weighted by Crippen LogP contribution is 2.26. The maximum Gasteiger partial charge on any atom is 0.341 e. The largest absolute Gasteiger partial charge is 0.489 e. The summed E-state index contributed by atoms with van der Waals surface area (Å²) < 4.78 is 17.1. The lowest BCUT2D eigenvalue weighted by molar-refractivity contribution is -0.139. The van der Waals surface area contributed by atoms with Crippen LogP contribution in [0.4, 0.5) is 0 Å². The van der Waals surface area contributed by atoms with Crippen LogP contribution in [0.2, 0.25) is 5.02 Å². The van der Waals surface area contributed by atoms with Gasteiger partial charge in [-0.2, -0.15) is 0 Å². The molecule has 0 fully saturated rings. The number of ether oxygens (including phenoxy) is 3. The molecule has 1 aromatic heterocycles. The Bertz CT molecular complexity index is 1240. The molecular weight excluding hydrogens is 430 g/mol. The average molecular weight is 450 g/mol. The molecule has 0 aliphatic heterocycles. The molecule has 162 valence electrons. The van der Waals surface area contributed by atoms with Crippen LogP contribution in [-0.2, 0) is 18.0 Å². The monoisotopic (exact) mass is 449 g/mol. The molecule has 1 N–H and O–H groups in total. The summed E-state index contributed by atoms with van der Waals surface area (Å²) >= 11 is 6.07. The first-order valence-corrected chi connectivity index (χ1v) is 10.3. The van der Waals surface area contributed by atoms with Gasteiger partial charge in [0.2, 0.25) is 0 Å². The van der Waals surface area contributed by atoms with Gasteiger partial charge in [-0.3, -0.25) is 0 Å². The van der Waals surface area contributed by atoms with Crippen molar-refractivity contribution in [2.45, 2.75) is 13.2 Å². The number of carboxylic acid groups (broad SMARTS) is 1. The molecule has 0 spiro atoms. The number of rotatable bonds is 9. The second-order valence-electron chi connectivity index (χ2n) is 6.98. The van der Waals surface area contributed by atoms with Crippen LogP contribution < -0.4 is 14.2 Å². The molecule has 0 saturated carbocycles. The molecule has 32 heavy (non-hydrogen) atoms. The van der Waals surface area contributed by atoms with E-state index in [4.69, 9.17) is 30.9 Å². The minimum absolute atomic E-state index is 0.158. The number of fused-ring (bicyclic) bond motifs is 1. The summed E-state index contributed by atoms with van der Waals surface area (Å²) in [6.45, 7) is 0.0434. The van der Waals surface area contributed by atoms with E-state index in [0.717, 1.165) is 16.6 Å². The van der Waals surface area contributed by atoms with Crippen LogP contribution in [0.3, 0.4) is 0 Å². The first-order chi connectivity index (χ1) is 15.6. The number of aromatic nitrogens is 1. The second-order valence-corrected chi connectivity index (χ2v) is 7.42. The molecule has 1 heterocycles. The lowest BCUT2D eigenvalue weighted by atomic mass is 10.2. The van der Waals surface area contributed by atoms with E-state index in [1.54, 1.807) is 24.3 Å². The van der Waals surface area contributed by atoms with Crippen LogP contribution in [0.1, 0.15) is 11.3 Å². The Kier molecular flexibility index (Phi) is 6.72. The Morgan fingerprint density at radius 2 is 1.62 bits per heavy atom. The van der Waals surface area contributed by atoms with Crippen molar-refractivity contribution >= 4 is 28.5 Å². The van der Waals surface area contributed by atoms with E-state index in [-0.39, 0.29) is 6.61 Å². The summed E-state index contributed by atoms with van der Waals surface area (Å²) in [4.78, 5) is 15.4. The van der Waals surface area contributed by atoms with Crippen molar-refractivity contribution < 1.29 is 24.1 Å². The smallest absolute Gasteiger partial charge is 0.341 e. The summed E-state index contributed by atoms with van der Waals surface area (Å²) in [6.07, 6.45) is 0. The van der Waals surface area contributed by atoms with E-state index in [1.807, 2.05) is 54.6 Å². The van der Waals surface area contributed by atoms with Crippen molar-refractivity contribution in [2.24, 2.45) is 0 Å². The van der Waals surface area contributed by atoms with Gasteiger partial charge in [-0.25, -0.2) is 9.78 Å². The lowest BCUT2D eigenvalue weighted by Gasteiger charge is -2.13. The first-order valence-electron chi connectivity index (χ1n) is 9.90. The maximum atomic E-state index is 10.8. The average Bonchev–Trinajstić information content (AvgIpc) is 2.81. The first kappa shape index (κ1) is 21.5. The summed E-state index contributed by atoms with van der Waals surface area (Å²) in [7, 11) is 0. The summed E-state index contributed by atoms with van der Waals surface area (Å²) in [6, 6.07) is 24.1. The topological polar surface area (TPSA) is 77.9 Å². The third kappa shape index (κ3) is 5.68. The minimum atomic E-state index is -1.06. The highest BCUT2D eigenvalue weighted by atomic mass is 35.5. The molecule has 0 aliphatic rings. The molecule has 7 heteroatoms. The summed E-state index contributed by atoms with van der Waals surface area (Å²) in [5.41, 5.74) is 2.40. The molecule has 0 bridgehead atoms. The van der Waals surface area contributed by atoms with E-state index in [0.29, 0.717) is 34.4 Å². The van der Waals surface area contributed by atoms with Crippen LogP contribution in [0.25, 0.3) is 10.9 Å². The van der Waals surface area contributed by atoms with Gasteiger partial charge in [0.1, 0.15) is 30.5 Å². The number of aliphatic carboxylic acids is 1. The Hall–Kier alpha value is -3.77. The number of halogens is 1. The number of carbonyl (C=O) groups is 1. The van der Waals surface area contributed by atoms with E-state index in [2.05, 4.69) is 4.98 Å². The summed E-state index contributed by atoms with van der Waals surface area (Å²) in [5.74, 6) is 0.591. The Labute approximate surface area is 190 Å². The Morgan fingerprint density at radius 3 is 2.44 bits per heavy atom. The maximum absolute atomic E-state index is 10.8. The number of benzene rings is 3. The van der Waals surface area contributed by atoms with Crippen molar-refractivity contribution in [1.29, 1.82) is 0 Å². The predicted molar refractivity (Wildman–Crippen MR) is 121 cm³/mol. The van der Waals surface area contributed by atoms with Crippen molar-refractivity contribution in [3.8, 4) is 17.2 Å². The van der Waals surface area contributed by atoms with Crippen LogP contribution in [-0.4, -0.2) is 22.7 Å². The number of para-hydroxylation sites is 1. The number of nitrogens with zero attached hydrogens (tertiary/aromatic N) is 1. The number of hydrogen-bond donors (Lipinski definition) is 1. The van der Waals surface area contributed by atoms with E-state index >= 15 is 0 Å². The van der Waals surface area contributed by atoms with Crippen LogP contribution in [0.5, 0.6) is 17.2 Å². The molecule has 4 aromatic rings. The minimum Gasteiger partial charge on any atom is -0.489 e.